The van der Waals surface area contributed by atoms with E-state index in [9.17, 15) is 10.1 Å². The van der Waals surface area contributed by atoms with Crippen molar-refractivity contribution in [2.75, 3.05) is 0 Å². The number of nitrogens with zero attached hydrogens (tertiary/aromatic N) is 2. The molecule has 1 aliphatic carbocycles. The minimum Gasteiger partial charge on any atom is -0.354 e. The Morgan fingerprint density at radius 1 is 1.36 bits per heavy atom. The second-order valence-corrected chi connectivity index (χ2v) is 6.42. The topological polar surface area (TPSA) is 79.6 Å². The molecule has 0 unspecified atom stereocenters. The molecule has 0 amide bonds. The highest BCUT2D eigenvalue weighted by Crippen LogP contribution is 2.30. The molecule has 0 saturated heterocycles. The van der Waals surface area contributed by atoms with Crippen molar-refractivity contribution in [3.8, 4) is 0 Å². The van der Waals surface area contributed by atoms with Gasteiger partial charge in [-0.05, 0) is 42.3 Å². The van der Waals surface area contributed by atoms with Crippen molar-refractivity contribution in [2.45, 2.75) is 18.9 Å². The first-order chi connectivity index (χ1) is 12.0. The number of aryl methyl sites for hydroxylation is 1. The van der Waals surface area contributed by atoms with Gasteiger partial charge in [-0.25, -0.2) is 0 Å². The SMILES string of the molecule is O=[N+]([O-])c1cc(/C=N\NC(=S)N[C@H]2CCc3ccccc32)ccc1Cl. The molecule has 0 aliphatic heterocycles. The van der Waals surface area contributed by atoms with Gasteiger partial charge in [0.05, 0.1) is 17.2 Å². The van der Waals surface area contributed by atoms with E-state index in [4.69, 9.17) is 23.8 Å². The van der Waals surface area contributed by atoms with Gasteiger partial charge in [-0.15, -0.1) is 0 Å². The van der Waals surface area contributed by atoms with Crippen LogP contribution in [0.25, 0.3) is 0 Å². The molecule has 1 atom stereocenters. The third-order valence-electron chi connectivity index (χ3n) is 3.98. The van der Waals surface area contributed by atoms with E-state index in [1.165, 1.54) is 29.5 Å². The molecule has 0 bridgehead atoms. The van der Waals surface area contributed by atoms with Crippen LogP contribution in [0.5, 0.6) is 0 Å². The molecular formula is C17H15ClN4O2S. The van der Waals surface area contributed by atoms with Crippen LogP contribution in [0.4, 0.5) is 5.69 Å². The molecule has 1 aliphatic rings. The van der Waals surface area contributed by atoms with E-state index >= 15 is 0 Å². The number of thiocarbonyl (C=S) groups is 1. The van der Waals surface area contributed by atoms with Crippen LogP contribution < -0.4 is 10.7 Å². The highest BCUT2D eigenvalue weighted by Gasteiger charge is 2.22. The Labute approximate surface area is 155 Å². The Bertz CT molecular complexity index is 856. The quantitative estimate of drug-likeness (QED) is 0.369. The molecule has 0 radical (unpaired) electrons. The first kappa shape index (κ1) is 17.3. The lowest BCUT2D eigenvalue weighted by atomic mass is 10.1. The number of hydrogen-bond acceptors (Lipinski definition) is 4. The van der Waals surface area contributed by atoms with E-state index in [1.54, 1.807) is 6.07 Å². The summed E-state index contributed by atoms with van der Waals surface area (Å²) in [5.41, 5.74) is 5.72. The van der Waals surface area contributed by atoms with Crippen molar-refractivity contribution >= 4 is 40.8 Å². The number of fused-ring (bicyclic) bond motifs is 1. The molecule has 0 fully saturated rings. The van der Waals surface area contributed by atoms with Gasteiger partial charge in [-0.1, -0.05) is 41.9 Å². The standard InChI is InChI=1S/C17H15ClN4O2S/c18-14-7-5-11(9-16(14)22(23)24)10-19-21-17(25)20-15-8-6-12-3-1-2-4-13(12)15/h1-5,7,9-10,15H,6,8H2,(H2,20,21,25)/b19-10-/t15-/m0/s1. The maximum Gasteiger partial charge on any atom is 0.288 e. The largest absolute Gasteiger partial charge is 0.354 e. The monoisotopic (exact) mass is 374 g/mol. The van der Waals surface area contributed by atoms with Gasteiger partial charge in [-0.2, -0.15) is 5.10 Å². The van der Waals surface area contributed by atoms with Crippen LogP contribution >= 0.6 is 23.8 Å². The molecule has 25 heavy (non-hydrogen) atoms. The van der Waals surface area contributed by atoms with E-state index < -0.39 is 4.92 Å². The summed E-state index contributed by atoms with van der Waals surface area (Å²) in [4.78, 5) is 10.3. The predicted octanol–water partition coefficient (Wildman–Crippen LogP) is 3.73. The Morgan fingerprint density at radius 3 is 2.96 bits per heavy atom. The van der Waals surface area contributed by atoms with Gasteiger partial charge in [0.25, 0.3) is 5.69 Å². The van der Waals surface area contributed by atoms with Crippen LogP contribution in [0.3, 0.4) is 0 Å². The summed E-state index contributed by atoms with van der Waals surface area (Å²) in [6.07, 6.45) is 3.46. The number of benzene rings is 2. The molecule has 8 heteroatoms. The fourth-order valence-electron chi connectivity index (χ4n) is 2.81. The lowest BCUT2D eigenvalue weighted by Crippen LogP contribution is -2.34. The summed E-state index contributed by atoms with van der Waals surface area (Å²) in [6.45, 7) is 0. The first-order valence-electron chi connectivity index (χ1n) is 7.66. The lowest BCUT2D eigenvalue weighted by Gasteiger charge is -2.15. The van der Waals surface area contributed by atoms with E-state index in [1.807, 2.05) is 12.1 Å². The molecule has 2 aromatic carbocycles. The Kier molecular flexibility index (Phi) is 5.25. The lowest BCUT2D eigenvalue weighted by molar-refractivity contribution is -0.384. The summed E-state index contributed by atoms with van der Waals surface area (Å²) < 4.78 is 0. The van der Waals surface area contributed by atoms with E-state index in [0.717, 1.165) is 12.8 Å². The maximum atomic E-state index is 10.9. The van der Waals surface area contributed by atoms with Crippen molar-refractivity contribution in [1.82, 2.24) is 10.7 Å². The van der Waals surface area contributed by atoms with Crippen LogP contribution in [-0.4, -0.2) is 16.3 Å². The molecule has 0 spiro atoms. The third kappa shape index (κ3) is 4.12. The third-order valence-corrected chi connectivity index (χ3v) is 4.51. The van der Waals surface area contributed by atoms with Gasteiger partial charge in [0.1, 0.15) is 5.02 Å². The van der Waals surface area contributed by atoms with Crippen molar-refractivity contribution in [1.29, 1.82) is 0 Å². The molecule has 2 N–H and O–H groups in total. The summed E-state index contributed by atoms with van der Waals surface area (Å²) in [5, 5.41) is 18.6. The fourth-order valence-corrected chi connectivity index (χ4v) is 3.19. The van der Waals surface area contributed by atoms with Crippen LogP contribution in [-0.2, 0) is 6.42 Å². The van der Waals surface area contributed by atoms with Crippen molar-refractivity contribution in [3.63, 3.8) is 0 Å². The second kappa shape index (κ2) is 7.58. The molecule has 2 aromatic rings. The normalized spacial score (nSPS) is 15.8. The van der Waals surface area contributed by atoms with Gasteiger partial charge in [0.15, 0.2) is 5.11 Å². The fraction of sp³-hybridized carbons (Fsp3) is 0.176. The van der Waals surface area contributed by atoms with Crippen LogP contribution in [0.15, 0.2) is 47.6 Å². The molecule has 0 aromatic heterocycles. The molecule has 0 saturated carbocycles. The number of halogens is 1. The number of rotatable bonds is 4. The summed E-state index contributed by atoms with van der Waals surface area (Å²) >= 11 is 11.0. The van der Waals surface area contributed by atoms with Crippen LogP contribution in [0.1, 0.15) is 29.2 Å². The van der Waals surface area contributed by atoms with E-state index in [2.05, 4.69) is 28.0 Å². The summed E-state index contributed by atoms with van der Waals surface area (Å²) in [5.74, 6) is 0. The minimum atomic E-state index is -0.531. The zero-order valence-corrected chi connectivity index (χ0v) is 14.7. The van der Waals surface area contributed by atoms with Crippen molar-refractivity contribution in [3.05, 3.63) is 74.3 Å². The van der Waals surface area contributed by atoms with Gasteiger partial charge in [0.2, 0.25) is 0 Å². The number of hydrogen-bond donors (Lipinski definition) is 2. The Hall–Kier alpha value is -2.51. The predicted molar refractivity (Wildman–Crippen MR) is 102 cm³/mol. The maximum absolute atomic E-state index is 10.9. The van der Waals surface area contributed by atoms with Gasteiger partial charge < -0.3 is 5.32 Å². The molecule has 128 valence electrons. The first-order valence-corrected chi connectivity index (χ1v) is 8.44. The second-order valence-electron chi connectivity index (χ2n) is 5.60. The average molecular weight is 375 g/mol. The molecule has 3 rings (SSSR count). The van der Waals surface area contributed by atoms with Crippen molar-refractivity contribution < 1.29 is 4.92 Å². The number of nitro benzene ring substituents is 1. The molecule has 0 heterocycles. The van der Waals surface area contributed by atoms with Crippen LogP contribution in [0.2, 0.25) is 5.02 Å². The zero-order chi connectivity index (χ0) is 17.8. The van der Waals surface area contributed by atoms with Crippen molar-refractivity contribution in [2.24, 2.45) is 5.10 Å². The highest BCUT2D eigenvalue weighted by atomic mass is 35.5. The number of nitro groups is 1. The Balaban J connectivity index is 1.59. The van der Waals surface area contributed by atoms with E-state index in [0.29, 0.717) is 10.7 Å². The van der Waals surface area contributed by atoms with Crippen LogP contribution in [0, 0.1) is 10.1 Å². The van der Waals surface area contributed by atoms with Gasteiger partial charge in [-0.3, -0.25) is 15.5 Å². The minimum absolute atomic E-state index is 0.0900. The summed E-state index contributed by atoms with van der Waals surface area (Å²) in [6, 6.07) is 12.9. The molecule has 6 nitrogen and oxygen atoms in total. The average Bonchev–Trinajstić information content (AvgIpc) is 2.99. The highest BCUT2D eigenvalue weighted by molar-refractivity contribution is 7.80. The summed E-state index contributed by atoms with van der Waals surface area (Å²) in [7, 11) is 0. The van der Waals surface area contributed by atoms with Gasteiger partial charge in [0, 0.05) is 11.6 Å². The van der Waals surface area contributed by atoms with E-state index in [-0.39, 0.29) is 16.8 Å². The Morgan fingerprint density at radius 2 is 2.16 bits per heavy atom. The number of nitrogens with one attached hydrogen (secondary N) is 2. The zero-order valence-electron chi connectivity index (χ0n) is 13.1. The smallest absolute Gasteiger partial charge is 0.288 e. The van der Waals surface area contributed by atoms with Gasteiger partial charge >= 0.3 is 0 Å². The number of hydrazone groups is 1. The molecular weight excluding hydrogens is 360 g/mol.